The largest absolute Gasteiger partial charge is 0.489 e. The van der Waals surface area contributed by atoms with Crippen LogP contribution in [0, 0.1) is 0 Å². The van der Waals surface area contributed by atoms with Gasteiger partial charge in [0.1, 0.15) is 23.6 Å². The lowest BCUT2D eigenvalue weighted by molar-refractivity contribution is 0.306. The second-order valence-electron chi connectivity index (χ2n) is 8.36. The van der Waals surface area contributed by atoms with Gasteiger partial charge >= 0.3 is 0 Å². The predicted molar refractivity (Wildman–Crippen MR) is 145 cm³/mol. The fourth-order valence-electron chi connectivity index (χ4n) is 4.10. The quantitative estimate of drug-likeness (QED) is 0.285. The normalized spacial score (nSPS) is 11.2. The predicted octanol–water partition coefficient (Wildman–Crippen LogP) is 5.67. The molecule has 0 aliphatic carbocycles. The minimum atomic E-state index is -0.296. The molecule has 6 rings (SSSR count). The highest BCUT2D eigenvalue weighted by Gasteiger charge is 2.17. The van der Waals surface area contributed by atoms with Crippen molar-refractivity contribution in [3.8, 4) is 28.7 Å². The summed E-state index contributed by atoms with van der Waals surface area (Å²) in [6, 6.07) is 25.2. The van der Waals surface area contributed by atoms with Gasteiger partial charge in [0, 0.05) is 15.9 Å². The average Bonchev–Trinajstić information content (AvgIpc) is 3.36. The van der Waals surface area contributed by atoms with Crippen molar-refractivity contribution in [1.29, 1.82) is 0 Å². The second kappa shape index (κ2) is 9.51. The summed E-state index contributed by atoms with van der Waals surface area (Å²) in [7, 11) is 1.54. The number of H-pyrrole nitrogens is 1. The molecule has 182 valence electrons. The van der Waals surface area contributed by atoms with Crippen molar-refractivity contribution in [3.05, 3.63) is 105 Å². The van der Waals surface area contributed by atoms with Gasteiger partial charge in [-0.15, -0.1) is 0 Å². The zero-order chi connectivity index (χ0) is 25.4. The first kappa shape index (κ1) is 22.9. The van der Waals surface area contributed by atoms with E-state index in [0.29, 0.717) is 46.2 Å². The van der Waals surface area contributed by atoms with E-state index in [4.69, 9.17) is 14.5 Å². The Bertz CT molecular complexity index is 1800. The lowest BCUT2D eigenvalue weighted by atomic mass is 10.1. The van der Waals surface area contributed by atoms with Gasteiger partial charge in [-0.25, -0.2) is 14.6 Å². The number of rotatable bonds is 6. The summed E-state index contributed by atoms with van der Waals surface area (Å²) >= 11 is 3.44. The van der Waals surface area contributed by atoms with Crippen LogP contribution in [0.15, 0.2) is 94.3 Å². The summed E-state index contributed by atoms with van der Waals surface area (Å²) in [5, 5.41) is 5.63. The van der Waals surface area contributed by atoms with Crippen LogP contribution in [0.5, 0.6) is 11.6 Å². The van der Waals surface area contributed by atoms with E-state index < -0.39 is 0 Å². The minimum absolute atomic E-state index is 0.296. The van der Waals surface area contributed by atoms with E-state index in [1.165, 1.54) is 13.3 Å². The standard InChI is InChI=1S/C28H20BrN5O3/c1-36-28-22(13-18-7-12-21(14-24(18)31-28)37-16-17-5-3-2-4-6-17)25-32-26-23(27(35)33-25)15-30-34(26)20-10-8-19(29)9-11-20/h2-15H,16H2,1H3,(H,32,33,35). The molecule has 0 radical (unpaired) electrons. The van der Waals surface area contributed by atoms with E-state index >= 15 is 0 Å². The highest BCUT2D eigenvalue weighted by atomic mass is 79.9. The molecule has 6 aromatic rings. The van der Waals surface area contributed by atoms with Crippen LogP contribution in [0.25, 0.3) is 39.0 Å². The fraction of sp³-hybridized carbons (Fsp3) is 0.0714. The van der Waals surface area contributed by atoms with E-state index in [2.05, 4.69) is 31.0 Å². The van der Waals surface area contributed by atoms with Crippen LogP contribution in [-0.4, -0.2) is 31.8 Å². The van der Waals surface area contributed by atoms with Crippen LogP contribution in [0.2, 0.25) is 0 Å². The number of methoxy groups -OCH3 is 1. The van der Waals surface area contributed by atoms with Crippen molar-refractivity contribution in [2.45, 2.75) is 6.61 Å². The molecule has 0 saturated carbocycles. The molecule has 0 bridgehead atoms. The number of nitrogens with zero attached hydrogens (tertiary/aromatic N) is 4. The van der Waals surface area contributed by atoms with Crippen molar-refractivity contribution < 1.29 is 9.47 Å². The van der Waals surface area contributed by atoms with E-state index in [-0.39, 0.29) is 5.56 Å². The smallest absolute Gasteiger partial charge is 0.262 e. The molecule has 8 nitrogen and oxygen atoms in total. The van der Waals surface area contributed by atoms with Gasteiger partial charge in [-0.05, 0) is 48.0 Å². The summed E-state index contributed by atoms with van der Waals surface area (Å²) in [6.07, 6.45) is 1.51. The second-order valence-corrected chi connectivity index (χ2v) is 9.27. The number of benzene rings is 3. The lowest BCUT2D eigenvalue weighted by Crippen LogP contribution is -2.11. The van der Waals surface area contributed by atoms with E-state index in [9.17, 15) is 4.79 Å². The van der Waals surface area contributed by atoms with Crippen LogP contribution < -0.4 is 15.0 Å². The van der Waals surface area contributed by atoms with Crippen LogP contribution in [0.4, 0.5) is 0 Å². The molecular formula is C28H20BrN5O3. The van der Waals surface area contributed by atoms with Crippen molar-refractivity contribution >= 4 is 37.9 Å². The molecule has 0 aliphatic heterocycles. The zero-order valence-corrected chi connectivity index (χ0v) is 21.3. The maximum absolute atomic E-state index is 12.9. The third kappa shape index (κ3) is 4.45. The van der Waals surface area contributed by atoms with Crippen molar-refractivity contribution in [2.75, 3.05) is 7.11 Å². The number of pyridine rings is 1. The molecule has 37 heavy (non-hydrogen) atoms. The summed E-state index contributed by atoms with van der Waals surface area (Å²) < 4.78 is 14.1. The number of halogens is 1. The highest BCUT2D eigenvalue weighted by molar-refractivity contribution is 9.10. The van der Waals surface area contributed by atoms with E-state index in [1.807, 2.05) is 78.9 Å². The molecule has 1 N–H and O–H groups in total. The number of hydrogen-bond acceptors (Lipinski definition) is 6. The first-order valence-corrected chi connectivity index (χ1v) is 12.3. The Labute approximate surface area is 219 Å². The molecule has 9 heteroatoms. The highest BCUT2D eigenvalue weighted by Crippen LogP contribution is 2.31. The molecule has 3 aromatic carbocycles. The average molecular weight is 554 g/mol. The SMILES string of the molecule is COc1nc2cc(OCc3ccccc3)ccc2cc1-c1nc2c(cnn2-c2ccc(Br)cc2)c(=O)[nH]1. The Morgan fingerprint density at radius 3 is 2.57 bits per heavy atom. The molecule has 0 fully saturated rings. The summed E-state index contributed by atoms with van der Waals surface area (Å²) in [4.78, 5) is 25.2. The van der Waals surface area contributed by atoms with Crippen LogP contribution in [-0.2, 0) is 6.61 Å². The Hall–Kier alpha value is -4.50. The zero-order valence-electron chi connectivity index (χ0n) is 19.7. The van der Waals surface area contributed by atoms with Crippen molar-refractivity contribution in [2.24, 2.45) is 0 Å². The molecular weight excluding hydrogens is 534 g/mol. The maximum atomic E-state index is 12.9. The molecule has 3 heterocycles. The lowest BCUT2D eigenvalue weighted by Gasteiger charge is -2.11. The van der Waals surface area contributed by atoms with Gasteiger partial charge in [0.05, 0.1) is 30.1 Å². The van der Waals surface area contributed by atoms with Crippen molar-refractivity contribution in [3.63, 3.8) is 0 Å². The first-order valence-electron chi connectivity index (χ1n) is 11.5. The molecule has 0 aliphatic rings. The van der Waals surface area contributed by atoms with Crippen molar-refractivity contribution in [1.82, 2.24) is 24.7 Å². The van der Waals surface area contributed by atoms with Gasteiger partial charge in [0.25, 0.3) is 5.56 Å². The maximum Gasteiger partial charge on any atom is 0.262 e. The molecule has 0 atom stereocenters. The molecule has 0 unspecified atom stereocenters. The van der Waals surface area contributed by atoms with E-state index in [1.54, 1.807) is 4.68 Å². The molecule has 3 aromatic heterocycles. The molecule has 0 spiro atoms. The Morgan fingerprint density at radius 1 is 0.973 bits per heavy atom. The Balaban J connectivity index is 1.40. The van der Waals surface area contributed by atoms with Crippen LogP contribution in [0.1, 0.15) is 5.56 Å². The number of hydrogen-bond donors (Lipinski definition) is 1. The van der Waals surface area contributed by atoms with E-state index in [0.717, 1.165) is 21.1 Å². The van der Waals surface area contributed by atoms with Gasteiger partial charge in [-0.2, -0.15) is 5.10 Å². The Kier molecular flexibility index (Phi) is 5.90. The number of aromatic nitrogens is 5. The van der Waals surface area contributed by atoms with Gasteiger partial charge in [-0.3, -0.25) is 4.79 Å². The van der Waals surface area contributed by atoms with Gasteiger partial charge in [0.2, 0.25) is 5.88 Å². The van der Waals surface area contributed by atoms with Gasteiger partial charge in [-0.1, -0.05) is 46.3 Å². The number of ether oxygens (including phenoxy) is 2. The topological polar surface area (TPSA) is 94.9 Å². The molecule has 0 saturated heterocycles. The Morgan fingerprint density at radius 2 is 1.78 bits per heavy atom. The number of aromatic amines is 1. The third-order valence-corrected chi connectivity index (χ3v) is 6.49. The fourth-order valence-corrected chi connectivity index (χ4v) is 4.37. The third-order valence-electron chi connectivity index (χ3n) is 5.96. The van der Waals surface area contributed by atoms with Gasteiger partial charge in [0.15, 0.2) is 5.65 Å². The monoisotopic (exact) mass is 553 g/mol. The van der Waals surface area contributed by atoms with Gasteiger partial charge < -0.3 is 14.5 Å². The first-order chi connectivity index (χ1) is 18.1. The number of fused-ring (bicyclic) bond motifs is 2. The summed E-state index contributed by atoms with van der Waals surface area (Å²) in [5.74, 6) is 1.38. The minimum Gasteiger partial charge on any atom is -0.489 e. The summed E-state index contributed by atoms with van der Waals surface area (Å²) in [6.45, 7) is 0.457. The van der Waals surface area contributed by atoms with Crippen LogP contribution in [0.3, 0.4) is 0 Å². The summed E-state index contributed by atoms with van der Waals surface area (Å²) in [5.41, 5.74) is 3.28. The molecule has 0 amide bonds. The van der Waals surface area contributed by atoms with Crippen LogP contribution >= 0.6 is 15.9 Å². The number of nitrogens with one attached hydrogen (secondary N) is 1.